The van der Waals surface area contributed by atoms with E-state index in [1.54, 1.807) is 6.92 Å². The Morgan fingerprint density at radius 3 is 2.50 bits per heavy atom. The number of piperazine rings is 1. The lowest BCUT2D eigenvalue weighted by Crippen LogP contribution is -2.47. The molecule has 2 heterocycles. The Bertz CT molecular complexity index is 494. The highest BCUT2D eigenvalue weighted by atomic mass is 16.4. The van der Waals surface area contributed by atoms with Gasteiger partial charge >= 0.3 is 5.97 Å². The quantitative estimate of drug-likeness (QED) is 0.911. The Labute approximate surface area is 120 Å². The van der Waals surface area contributed by atoms with Crippen molar-refractivity contribution in [3.63, 3.8) is 0 Å². The van der Waals surface area contributed by atoms with Crippen LogP contribution in [0.3, 0.4) is 0 Å². The van der Waals surface area contributed by atoms with Crippen LogP contribution in [0.5, 0.6) is 0 Å². The molecule has 5 nitrogen and oxygen atoms in total. The predicted octanol–water partition coefficient (Wildman–Crippen LogP) is 1.93. The third-order valence-corrected chi connectivity index (χ3v) is 3.77. The second-order valence-electron chi connectivity index (χ2n) is 5.38. The first kappa shape index (κ1) is 14.8. The fourth-order valence-corrected chi connectivity index (χ4v) is 2.85. The van der Waals surface area contributed by atoms with E-state index in [0.29, 0.717) is 11.3 Å². The third kappa shape index (κ3) is 3.10. The molecule has 1 aliphatic rings. The Balaban J connectivity index is 2.23. The van der Waals surface area contributed by atoms with Gasteiger partial charge in [-0.15, -0.1) is 0 Å². The number of aromatic carboxylic acids is 1. The van der Waals surface area contributed by atoms with Crippen LogP contribution < -0.4 is 4.90 Å². The van der Waals surface area contributed by atoms with Gasteiger partial charge in [0, 0.05) is 31.9 Å². The van der Waals surface area contributed by atoms with Gasteiger partial charge in [-0.1, -0.05) is 6.92 Å². The summed E-state index contributed by atoms with van der Waals surface area (Å²) in [5.74, 6) is -0.888. The average molecular weight is 277 g/mol. The number of carbonyl (C=O) groups is 1. The molecule has 0 radical (unpaired) electrons. The van der Waals surface area contributed by atoms with Crippen LogP contribution in [0.4, 0.5) is 5.69 Å². The van der Waals surface area contributed by atoms with Crippen LogP contribution in [0.1, 0.15) is 35.1 Å². The van der Waals surface area contributed by atoms with Crippen molar-refractivity contribution in [1.82, 2.24) is 9.88 Å². The van der Waals surface area contributed by atoms with Crippen molar-refractivity contribution in [3.8, 4) is 0 Å². The van der Waals surface area contributed by atoms with Gasteiger partial charge in [-0.3, -0.25) is 9.88 Å². The van der Waals surface area contributed by atoms with Crippen molar-refractivity contribution < 1.29 is 9.90 Å². The minimum Gasteiger partial charge on any atom is -0.478 e. The third-order valence-electron chi connectivity index (χ3n) is 3.77. The number of aryl methyl sites for hydroxylation is 2. The highest BCUT2D eigenvalue weighted by molar-refractivity contribution is 5.95. The zero-order chi connectivity index (χ0) is 14.7. The fraction of sp³-hybridized carbons (Fsp3) is 0.600. The second-order valence-corrected chi connectivity index (χ2v) is 5.38. The number of carboxylic acid groups (broad SMARTS) is 1. The molecule has 20 heavy (non-hydrogen) atoms. The number of aromatic nitrogens is 1. The van der Waals surface area contributed by atoms with Crippen molar-refractivity contribution in [3.05, 3.63) is 23.0 Å². The molecule has 110 valence electrons. The molecule has 1 N–H and O–H groups in total. The molecule has 0 amide bonds. The molecule has 0 saturated carbocycles. The minimum atomic E-state index is -0.888. The molecule has 0 aromatic carbocycles. The van der Waals surface area contributed by atoms with E-state index in [4.69, 9.17) is 0 Å². The summed E-state index contributed by atoms with van der Waals surface area (Å²) in [5, 5.41) is 9.43. The Morgan fingerprint density at radius 2 is 1.95 bits per heavy atom. The SMILES string of the molecule is CCCN1CCN(c2cc(C)nc(C)c2C(=O)O)CC1. The molecule has 5 heteroatoms. The van der Waals surface area contributed by atoms with Gasteiger partial charge in [0.25, 0.3) is 0 Å². The summed E-state index contributed by atoms with van der Waals surface area (Å²) in [6.07, 6.45) is 1.16. The lowest BCUT2D eigenvalue weighted by atomic mass is 10.1. The van der Waals surface area contributed by atoms with E-state index in [-0.39, 0.29) is 0 Å². The van der Waals surface area contributed by atoms with E-state index in [2.05, 4.69) is 21.7 Å². The number of pyridine rings is 1. The molecule has 1 aliphatic heterocycles. The molecular formula is C15H23N3O2. The van der Waals surface area contributed by atoms with Crippen LogP contribution in [0.25, 0.3) is 0 Å². The average Bonchev–Trinajstić information content (AvgIpc) is 2.38. The lowest BCUT2D eigenvalue weighted by molar-refractivity contribution is 0.0696. The van der Waals surface area contributed by atoms with E-state index >= 15 is 0 Å². The molecule has 0 bridgehead atoms. The fourth-order valence-electron chi connectivity index (χ4n) is 2.85. The van der Waals surface area contributed by atoms with Crippen LogP contribution in [-0.4, -0.2) is 53.7 Å². The summed E-state index contributed by atoms with van der Waals surface area (Å²) in [7, 11) is 0. The van der Waals surface area contributed by atoms with Crippen molar-refractivity contribution in [2.75, 3.05) is 37.6 Å². The van der Waals surface area contributed by atoms with E-state index in [1.807, 2.05) is 13.0 Å². The van der Waals surface area contributed by atoms with Gasteiger partial charge < -0.3 is 10.0 Å². The Hall–Kier alpha value is -1.62. The molecular weight excluding hydrogens is 254 g/mol. The number of carboxylic acids is 1. The Morgan fingerprint density at radius 1 is 1.30 bits per heavy atom. The molecule has 1 aromatic rings. The van der Waals surface area contributed by atoms with Gasteiger partial charge in [-0.2, -0.15) is 0 Å². The van der Waals surface area contributed by atoms with Crippen LogP contribution in [-0.2, 0) is 0 Å². The van der Waals surface area contributed by atoms with Crippen LogP contribution in [0.2, 0.25) is 0 Å². The summed E-state index contributed by atoms with van der Waals surface area (Å²) in [6.45, 7) is 10.7. The lowest BCUT2D eigenvalue weighted by Gasteiger charge is -2.36. The summed E-state index contributed by atoms with van der Waals surface area (Å²) < 4.78 is 0. The van der Waals surface area contributed by atoms with Crippen molar-refractivity contribution >= 4 is 11.7 Å². The number of anilines is 1. The van der Waals surface area contributed by atoms with Gasteiger partial charge in [0.05, 0.1) is 11.4 Å². The minimum absolute atomic E-state index is 0.347. The van der Waals surface area contributed by atoms with Gasteiger partial charge in [0.1, 0.15) is 5.56 Å². The molecule has 0 spiro atoms. The first-order valence-corrected chi connectivity index (χ1v) is 7.21. The maximum absolute atomic E-state index is 11.5. The second kappa shape index (κ2) is 6.22. The number of nitrogens with zero attached hydrogens (tertiary/aromatic N) is 3. The molecule has 0 aliphatic carbocycles. The first-order valence-electron chi connectivity index (χ1n) is 7.21. The van der Waals surface area contributed by atoms with Crippen molar-refractivity contribution in [1.29, 1.82) is 0 Å². The van der Waals surface area contributed by atoms with E-state index < -0.39 is 5.97 Å². The molecule has 0 unspecified atom stereocenters. The van der Waals surface area contributed by atoms with Gasteiger partial charge in [0.2, 0.25) is 0 Å². The van der Waals surface area contributed by atoms with Crippen molar-refractivity contribution in [2.45, 2.75) is 27.2 Å². The highest BCUT2D eigenvalue weighted by Crippen LogP contribution is 2.25. The largest absolute Gasteiger partial charge is 0.478 e. The topological polar surface area (TPSA) is 56.7 Å². The number of hydrogen-bond donors (Lipinski definition) is 1. The summed E-state index contributed by atoms with van der Waals surface area (Å²) in [6, 6.07) is 1.89. The van der Waals surface area contributed by atoms with E-state index in [0.717, 1.165) is 50.5 Å². The molecule has 2 rings (SSSR count). The molecule has 1 fully saturated rings. The summed E-state index contributed by atoms with van der Waals surface area (Å²) in [5.41, 5.74) is 2.64. The number of hydrogen-bond acceptors (Lipinski definition) is 4. The van der Waals surface area contributed by atoms with Gasteiger partial charge in [-0.05, 0) is 32.9 Å². The van der Waals surface area contributed by atoms with Crippen molar-refractivity contribution in [2.24, 2.45) is 0 Å². The monoisotopic (exact) mass is 277 g/mol. The zero-order valence-corrected chi connectivity index (χ0v) is 12.5. The standard InChI is InChI=1S/C15H23N3O2/c1-4-5-17-6-8-18(9-7-17)13-10-11(2)16-12(3)14(13)15(19)20/h10H,4-9H2,1-3H3,(H,19,20). The molecule has 1 saturated heterocycles. The summed E-state index contributed by atoms with van der Waals surface area (Å²) >= 11 is 0. The van der Waals surface area contributed by atoms with E-state index in [9.17, 15) is 9.90 Å². The van der Waals surface area contributed by atoms with Crippen LogP contribution >= 0.6 is 0 Å². The smallest absolute Gasteiger partial charge is 0.339 e. The first-order chi connectivity index (χ1) is 9.52. The van der Waals surface area contributed by atoms with E-state index in [1.165, 1.54) is 0 Å². The highest BCUT2D eigenvalue weighted by Gasteiger charge is 2.23. The van der Waals surface area contributed by atoms with Gasteiger partial charge in [0.15, 0.2) is 0 Å². The van der Waals surface area contributed by atoms with Gasteiger partial charge in [-0.25, -0.2) is 4.79 Å². The maximum atomic E-state index is 11.5. The number of rotatable bonds is 4. The predicted molar refractivity (Wildman–Crippen MR) is 79.6 cm³/mol. The molecule has 1 aromatic heterocycles. The van der Waals surface area contributed by atoms with Crippen LogP contribution in [0, 0.1) is 13.8 Å². The summed E-state index contributed by atoms with van der Waals surface area (Å²) in [4.78, 5) is 20.4. The maximum Gasteiger partial charge on any atom is 0.339 e. The zero-order valence-electron chi connectivity index (χ0n) is 12.5. The molecule has 0 atom stereocenters. The normalized spacial score (nSPS) is 16.4. The Kier molecular flexibility index (Phi) is 4.60. The van der Waals surface area contributed by atoms with Crippen LogP contribution in [0.15, 0.2) is 6.07 Å².